The molecule has 4 rings (SSSR count). The fraction of sp³-hybridized carbons (Fsp3) is 0.192. The van der Waals surface area contributed by atoms with E-state index in [1.807, 2.05) is 0 Å². The minimum atomic E-state index is -0.656. The third-order valence-electron chi connectivity index (χ3n) is 5.54. The number of halogens is 3. The number of ether oxygens (including phenoxy) is 1. The second-order valence-electron chi connectivity index (χ2n) is 8.46. The molecule has 10 heteroatoms. The van der Waals surface area contributed by atoms with Crippen molar-refractivity contribution in [3.8, 4) is 5.75 Å². The zero-order valence-electron chi connectivity index (χ0n) is 19.4. The average molecular weight is 530 g/mol. The number of anilines is 2. The summed E-state index contributed by atoms with van der Waals surface area (Å²) in [5.41, 5.74) is 1.75. The molecule has 2 N–H and O–H groups in total. The highest BCUT2D eigenvalue weighted by Gasteiger charge is 2.28. The van der Waals surface area contributed by atoms with Gasteiger partial charge in [-0.25, -0.2) is 4.39 Å². The largest absolute Gasteiger partial charge is 0.472 e. The summed E-state index contributed by atoms with van der Waals surface area (Å²) in [6, 6.07) is 13.6. The van der Waals surface area contributed by atoms with Crippen molar-refractivity contribution >= 4 is 52.3 Å². The highest BCUT2D eigenvalue weighted by atomic mass is 35.5. The quantitative estimate of drug-likeness (QED) is 0.431. The van der Waals surface area contributed by atoms with E-state index in [4.69, 9.17) is 27.9 Å². The van der Waals surface area contributed by atoms with Gasteiger partial charge >= 0.3 is 0 Å². The van der Waals surface area contributed by atoms with E-state index in [0.29, 0.717) is 17.0 Å². The number of nitrogens with zero attached hydrogens (tertiary/aromatic N) is 1. The number of rotatable bonds is 6. The number of hydrogen-bond donors (Lipinski definition) is 2. The Morgan fingerprint density at radius 2 is 1.81 bits per heavy atom. The smallest absolute Gasteiger partial charge is 0.264 e. The lowest BCUT2D eigenvalue weighted by molar-refractivity contribution is -0.124. The van der Waals surface area contributed by atoms with Crippen molar-refractivity contribution in [3.63, 3.8) is 0 Å². The van der Waals surface area contributed by atoms with Crippen molar-refractivity contribution in [1.82, 2.24) is 5.32 Å². The summed E-state index contributed by atoms with van der Waals surface area (Å²) in [5.74, 6) is -1.49. The third kappa shape index (κ3) is 5.45. The summed E-state index contributed by atoms with van der Waals surface area (Å²) < 4.78 is 19.6. The van der Waals surface area contributed by atoms with Gasteiger partial charge in [-0.15, -0.1) is 0 Å². The second-order valence-corrected chi connectivity index (χ2v) is 9.27. The lowest BCUT2D eigenvalue weighted by Crippen LogP contribution is -2.38. The molecule has 0 fully saturated rings. The summed E-state index contributed by atoms with van der Waals surface area (Å²) in [6.45, 7) is 3.73. The van der Waals surface area contributed by atoms with Crippen LogP contribution in [0.1, 0.15) is 40.1 Å². The number of carbonyl (C=O) groups is 3. The highest BCUT2D eigenvalue weighted by molar-refractivity contribution is 6.34. The van der Waals surface area contributed by atoms with E-state index in [2.05, 4.69) is 10.6 Å². The molecule has 3 aromatic carbocycles. The monoisotopic (exact) mass is 529 g/mol. The fourth-order valence-electron chi connectivity index (χ4n) is 3.53. The van der Waals surface area contributed by atoms with Gasteiger partial charge in [0.1, 0.15) is 11.6 Å². The van der Waals surface area contributed by atoms with Crippen LogP contribution in [0.2, 0.25) is 10.0 Å². The summed E-state index contributed by atoms with van der Waals surface area (Å²) >= 11 is 12.0. The number of amides is 3. The first-order chi connectivity index (χ1) is 17.1. The SMILES string of the molecule is CC(C)C(=O)NCc1ccc(Cl)c(C(=O)Nc2ccc3c(c2)C(=O)N(c2ccc(Cl)c(F)c2)CO3)c1. The van der Waals surface area contributed by atoms with Gasteiger partial charge in [-0.3, -0.25) is 19.3 Å². The Bertz CT molecular complexity index is 1360. The van der Waals surface area contributed by atoms with E-state index in [1.165, 1.54) is 23.1 Å². The van der Waals surface area contributed by atoms with Gasteiger partial charge in [-0.1, -0.05) is 43.1 Å². The maximum Gasteiger partial charge on any atom is 0.264 e. The molecule has 36 heavy (non-hydrogen) atoms. The minimum absolute atomic E-state index is 0.0560. The molecule has 7 nitrogen and oxygen atoms in total. The maximum atomic E-state index is 13.9. The first-order valence-electron chi connectivity index (χ1n) is 11.1. The van der Waals surface area contributed by atoms with Crippen LogP contribution >= 0.6 is 23.2 Å². The Kier molecular flexibility index (Phi) is 7.47. The molecule has 0 saturated heterocycles. The van der Waals surface area contributed by atoms with Crippen molar-refractivity contribution in [3.05, 3.63) is 87.2 Å². The van der Waals surface area contributed by atoms with Crippen LogP contribution in [-0.2, 0) is 11.3 Å². The van der Waals surface area contributed by atoms with Gasteiger partial charge in [0.05, 0.1) is 26.9 Å². The molecule has 0 aliphatic carbocycles. The Morgan fingerprint density at radius 3 is 2.53 bits per heavy atom. The standard InChI is InChI=1S/C26H22Cl2FN3O4/c1-14(2)24(33)30-12-15-3-6-20(27)18(9-15)25(34)31-16-4-8-23-19(10-16)26(35)32(13-36-23)17-5-7-21(28)22(29)11-17/h3-11,14H,12-13H2,1-2H3,(H,30,33)(H,31,34). The molecular formula is C26H22Cl2FN3O4. The topological polar surface area (TPSA) is 87.7 Å². The maximum absolute atomic E-state index is 13.9. The zero-order chi connectivity index (χ0) is 26.0. The minimum Gasteiger partial charge on any atom is -0.472 e. The number of carbonyl (C=O) groups excluding carboxylic acids is 3. The molecule has 0 radical (unpaired) electrons. The van der Waals surface area contributed by atoms with Crippen LogP contribution < -0.4 is 20.3 Å². The molecule has 186 valence electrons. The average Bonchev–Trinajstić information content (AvgIpc) is 2.85. The molecule has 0 bridgehead atoms. The van der Waals surface area contributed by atoms with Crippen LogP contribution in [0.3, 0.4) is 0 Å². The summed E-state index contributed by atoms with van der Waals surface area (Å²) in [5, 5.41) is 5.71. The first-order valence-corrected chi connectivity index (χ1v) is 11.8. The van der Waals surface area contributed by atoms with Crippen LogP contribution in [0.5, 0.6) is 5.75 Å². The Morgan fingerprint density at radius 1 is 1.06 bits per heavy atom. The van der Waals surface area contributed by atoms with Gasteiger partial charge in [-0.2, -0.15) is 0 Å². The van der Waals surface area contributed by atoms with Gasteiger partial charge < -0.3 is 15.4 Å². The molecule has 0 saturated carbocycles. The van der Waals surface area contributed by atoms with Crippen LogP contribution in [0.25, 0.3) is 0 Å². The Balaban J connectivity index is 1.52. The van der Waals surface area contributed by atoms with Crippen LogP contribution in [0, 0.1) is 11.7 Å². The van der Waals surface area contributed by atoms with E-state index in [1.54, 1.807) is 44.2 Å². The number of nitrogens with one attached hydrogen (secondary N) is 2. The predicted octanol–water partition coefficient (Wildman–Crippen LogP) is 5.65. The van der Waals surface area contributed by atoms with Gasteiger partial charge in [-0.05, 0) is 54.1 Å². The molecule has 1 aliphatic heterocycles. The number of hydrogen-bond acceptors (Lipinski definition) is 4. The molecule has 0 spiro atoms. The molecular weight excluding hydrogens is 508 g/mol. The summed E-state index contributed by atoms with van der Waals surface area (Å²) in [6.07, 6.45) is 0. The van der Waals surface area contributed by atoms with Gasteiger partial charge in [0.15, 0.2) is 6.73 Å². The van der Waals surface area contributed by atoms with E-state index < -0.39 is 17.6 Å². The molecule has 0 aromatic heterocycles. The Hall–Kier alpha value is -3.62. The molecule has 0 unspecified atom stereocenters. The van der Waals surface area contributed by atoms with Crippen molar-refractivity contribution < 1.29 is 23.5 Å². The molecule has 3 amide bonds. The highest BCUT2D eigenvalue weighted by Crippen LogP contribution is 2.32. The van der Waals surface area contributed by atoms with E-state index in [-0.39, 0.29) is 52.0 Å². The molecule has 1 heterocycles. The van der Waals surface area contributed by atoms with Crippen LogP contribution in [0.15, 0.2) is 54.6 Å². The lowest BCUT2D eigenvalue weighted by atomic mass is 10.1. The molecule has 3 aromatic rings. The van der Waals surface area contributed by atoms with Crippen molar-refractivity contribution in [1.29, 1.82) is 0 Å². The predicted molar refractivity (Wildman–Crippen MR) is 136 cm³/mol. The van der Waals surface area contributed by atoms with Gasteiger partial charge in [0, 0.05) is 18.2 Å². The van der Waals surface area contributed by atoms with E-state index in [9.17, 15) is 18.8 Å². The first kappa shape index (κ1) is 25.5. The number of benzene rings is 3. The summed E-state index contributed by atoms with van der Waals surface area (Å²) in [7, 11) is 0. The number of fused-ring (bicyclic) bond motifs is 1. The van der Waals surface area contributed by atoms with Gasteiger partial charge in [0.2, 0.25) is 5.91 Å². The van der Waals surface area contributed by atoms with Crippen molar-refractivity contribution in [2.75, 3.05) is 16.9 Å². The van der Waals surface area contributed by atoms with Crippen molar-refractivity contribution in [2.24, 2.45) is 5.92 Å². The fourth-order valence-corrected chi connectivity index (χ4v) is 3.85. The second kappa shape index (κ2) is 10.6. The molecule has 0 atom stereocenters. The van der Waals surface area contributed by atoms with Crippen molar-refractivity contribution in [2.45, 2.75) is 20.4 Å². The van der Waals surface area contributed by atoms with Gasteiger partial charge in [0.25, 0.3) is 11.8 Å². The molecule has 1 aliphatic rings. The summed E-state index contributed by atoms with van der Waals surface area (Å²) in [4.78, 5) is 39.2. The van der Waals surface area contributed by atoms with Crippen LogP contribution in [-0.4, -0.2) is 24.5 Å². The van der Waals surface area contributed by atoms with E-state index in [0.717, 1.165) is 6.07 Å². The lowest BCUT2D eigenvalue weighted by Gasteiger charge is -2.29. The van der Waals surface area contributed by atoms with E-state index >= 15 is 0 Å². The Labute approximate surface area is 217 Å². The zero-order valence-corrected chi connectivity index (χ0v) is 20.9. The normalized spacial score (nSPS) is 12.7. The van der Waals surface area contributed by atoms with Crippen LogP contribution in [0.4, 0.5) is 15.8 Å². The third-order valence-corrected chi connectivity index (χ3v) is 6.18.